The van der Waals surface area contributed by atoms with E-state index in [1.165, 1.54) is 23.3 Å². The molecule has 0 saturated carbocycles. The van der Waals surface area contributed by atoms with Crippen LogP contribution in [0.25, 0.3) is 0 Å². The van der Waals surface area contributed by atoms with Gasteiger partial charge in [0.2, 0.25) is 0 Å². The Labute approximate surface area is 126 Å². The highest BCUT2D eigenvalue weighted by Gasteiger charge is 2.16. The lowest BCUT2D eigenvalue weighted by molar-refractivity contribution is 0.0948. The van der Waals surface area contributed by atoms with Crippen LogP contribution in [0.5, 0.6) is 0 Å². The van der Waals surface area contributed by atoms with Gasteiger partial charge >= 0.3 is 0 Å². The number of carbonyl (C=O) groups excluding carboxylic acids is 1. The zero-order valence-electron chi connectivity index (χ0n) is 11.0. The molecule has 1 aromatic heterocycles. The van der Waals surface area contributed by atoms with Crippen LogP contribution >= 0.6 is 27.3 Å². The minimum absolute atomic E-state index is 0.0693. The van der Waals surface area contributed by atoms with Crippen molar-refractivity contribution in [3.63, 3.8) is 0 Å². The lowest BCUT2D eigenvalue weighted by atomic mass is 9.99. The molecule has 1 aliphatic carbocycles. The largest absolute Gasteiger partial charge is 0.381 e. The van der Waals surface area contributed by atoms with Crippen molar-refractivity contribution in [2.75, 3.05) is 25.1 Å². The quantitative estimate of drug-likeness (QED) is 0.608. The predicted molar refractivity (Wildman–Crippen MR) is 82.5 cm³/mol. The van der Waals surface area contributed by atoms with Gasteiger partial charge in [0.15, 0.2) is 0 Å². The summed E-state index contributed by atoms with van der Waals surface area (Å²) in [7, 11) is 0. The average molecular weight is 346 g/mol. The number of halogens is 1. The number of rotatable bonds is 7. The standard InChI is InChI=1S/C14H20BrNO2S/c15-6-9-18-8-3-7-16-14(17)13-10-11-4-1-2-5-12(11)19-13/h10H,1-9H2,(H,16,17). The van der Waals surface area contributed by atoms with E-state index in [0.29, 0.717) is 13.2 Å². The summed E-state index contributed by atoms with van der Waals surface area (Å²) in [6, 6.07) is 2.08. The van der Waals surface area contributed by atoms with E-state index in [4.69, 9.17) is 4.74 Å². The number of hydrogen-bond acceptors (Lipinski definition) is 3. The summed E-state index contributed by atoms with van der Waals surface area (Å²) in [5.41, 5.74) is 1.39. The Hall–Kier alpha value is -0.390. The molecule has 1 aliphatic rings. The maximum absolute atomic E-state index is 12.0. The van der Waals surface area contributed by atoms with E-state index in [1.54, 1.807) is 11.3 Å². The second kappa shape index (κ2) is 8.02. The topological polar surface area (TPSA) is 38.3 Å². The van der Waals surface area contributed by atoms with Crippen LogP contribution < -0.4 is 5.32 Å². The fourth-order valence-corrected chi connectivity index (χ4v) is 3.62. The molecule has 1 amide bonds. The van der Waals surface area contributed by atoms with E-state index in [0.717, 1.165) is 36.1 Å². The summed E-state index contributed by atoms with van der Waals surface area (Å²) in [5.74, 6) is 0.0693. The number of fused-ring (bicyclic) bond motifs is 1. The molecule has 0 fully saturated rings. The maximum atomic E-state index is 12.0. The number of nitrogens with one attached hydrogen (secondary N) is 1. The zero-order valence-corrected chi connectivity index (χ0v) is 13.4. The Bertz CT molecular complexity index is 396. The summed E-state index contributed by atoms with van der Waals surface area (Å²) in [6.07, 6.45) is 5.67. The third-order valence-corrected chi connectivity index (χ3v) is 4.75. The number of thiophene rings is 1. The Morgan fingerprint density at radius 1 is 1.37 bits per heavy atom. The lowest BCUT2D eigenvalue weighted by Crippen LogP contribution is -2.24. The molecule has 0 aliphatic heterocycles. The second-order valence-corrected chi connectivity index (χ2v) is 6.61. The predicted octanol–water partition coefficient (Wildman–Crippen LogP) is 3.16. The molecular formula is C14H20BrNO2S. The molecule has 0 bridgehead atoms. The third kappa shape index (κ3) is 4.58. The average Bonchev–Trinajstić information content (AvgIpc) is 2.86. The smallest absolute Gasteiger partial charge is 0.261 e. The van der Waals surface area contributed by atoms with Gasteiger partial charge in [-0.25, -0.2) is 0 Å². The fraction of sp³-hybridized carbons (Fsp3) is 0.643. The van der Waals surface area contributed by atoms with Gasteiger partial charge in [0, 0.05) is 23.4 Å². The molecule has 5 heteroatoms. The number of carbonyl (C=O) groups is 1. The van der Waals surface area contributed by atoms with Crippen molar-refractivity contribution < 1.29 is 9.53 Å². The van der Waals surface area contributed by atoms with Gasteiger partial charge < -0.3 is 10.1 Å². The van der Waals surface area contributed by atoms with Crippen molar-refractivity contribution in [1.82, 2.24) is 5.32 Å². The number of amides is 1. The van der Waals surface area contributed by atoms with Gasteiger partial charge in [0.05, 0.1) is 11.5 Å². The van der Waals surface area contributed by atoms with Gasteiger partial charge in [-0.05, 0) is 43.7 Å². The van der Waals surface area contributed by atoms with Crippen molar-refractivity contribution in [1.29, 1.82) is 0 Å². The van der Waals surface area contributed by atoms with Gasteiger partial charge in [-0.15, -0.1) is 11.3 Å². The normalized spacial score (nSPS) is 14.2. The summed E-state index contributed by atoms with van der Waals surface area (Å²) >= 11 is 4.97. The Morgan fingerprint density at radius 2 is 2.21 bits per heavy atom. The molecule has 0 radical (unpaired) electrons. The highest BCUT2D eigenvalue weighted by molar-refractivity contribution is 9.09. The Kier molecular flexibility index (Phi) is 6.34. The maximum Gasteiger partial charge on any atom is 0.261 e. The monoisotopic (exact) mass is 345 g/mol. The second-order valence-electron chi connectivity index (χ2n) is 4.68. The molecule has 1 heterocycles. The van der Waals surface area contributed by atoms with Crippen molar-refractivity contribution >= 4 is 33.2 Å². The van der Waals surface area contributed by atoms with Crippen molar-refractivity contribution in [2.24, 2.45) is 0 Å². The van der Waals surface area contributed by atoms with E-state index < -0.39 is 0 Å². The highest BCUT2D eigenvalue weighted by Crippen LogP contribution is 2.29. The van der Waals surface area contributed by atoms with E-state index in [-0.39, 0.29) is 5.91 Å². The Morgan fingerprint density at radius 3 is 3.00 bits per heavy atom. The first kappa shape index (κ1) is 15.0. The molecule has 106 valence electrons. The molecule has 19 heavy (non-hydrogen) atoms. The highest BCUT2D eigenvalue weighted by atomic mass is 79.9. The van der Waals surface area contributed by atoms with Crippen LogP contribution in [0.2, 0.25) is 0 Å². The van der Waals surface area contributed by atoms with Gasteiger partial charge in [0.1, 0.15) is 0 Å². The van der Waals surface area contributed by atoms with Gasteiger partial charge in [-0.3, -0.25) is 4.79 Å². The summed E-state index contributed by atoms with van der Waals surface area (Å²) in [6.45, 7) is 2.11. The SMILES string of the molecule is O=C(NCCCOCCBr)c1cc2c(s1)CCCC2. The first-order valence-electron chi connectivity index (χ1n) is 6.84. The van der Waals surface area contributed by atoms with Crippen LogP contribution in [-0.2, 0) is 17.6 Å². The summed E-state index contributed by atoms with van der Waals surface area (Å²) < 4.78 is 5.34. The molecule has 0 saturated heterocycles. The van der Waals surface area contributed by atoms with Crippen LogP contribution in [0.1, 0.15) is 39.4 Å². The number of hydrogen-bond donors (Lipinski definition) is 1. The van der Waals surface area contributed by atoms with E-state index in [9.17, 15) is 4.79 Å². The molecule has 0 spiro atoms. The number of ether oxygens (including phenoxy) is 1. The van der Waals surface area contributed by atoms with Crippen LogP contribution in [0.15, 0.2) is 6.07 Å². The van der Waals surface area contributed by atoms with Gasteiger partial charge in [0.25, 0.3) is 5.91 Å². The first-order chi connectivity index (χ1) is 9.31. The van der Waals surface area contributed by atoms with Crippen molar-refractivity contribution in [2.45, 2.75) is 32.1 Å². The van der Waals surface area contributed by atoms with Gasteiger partial charge in [-0.2, -0.15) is 0 Å². The van der Waals surface area contributed by atoms with Crippen LogP contribution in [0.4, 0.5) is 0 Å². The first-order valence-corrected chi connectivity index (χ1v) is 8.78. The van der Waals surface area contributed by atoms with E-state index >= 15 is 0 Å². The zero-order chi connectivity index (χ0) is 13.5. The van der Waals surface area contributed by atoms with E-state index in [1.807, 2.05) is 0 Å². The molecule has 0 unspecified atom stereocenters. The minimum Gasteiger partial charge on any atom is -0.381 e. The Balaban J connectivity index is 1.72. The van der Waals surface area contributed by atoms with Crippen LogP contribution in [0, 0.1) is 0 Å². The molecule has 3 nitrogen and oxygen atoms in total. The molecule has 0 aromatic carbocycles. The molecule has 0 atom stereocenters. The van der Waals surface area contributed by atoms with Gasteiger partial charge in [-0.1, -0.05) is 15.9 Å². The van der Waals surface area contributed by atoms with Crippen molar-refractivity contribution in [3.05, 3.63) is 21.4 Å². The molecule has 1 aromatic rings. The summed E-state index contributed by atoms with van der Waals surface area (Å²) in [5, 5.41) is 3.83. The third-order valence-electron chi connectivity index (χ3n) is 3.19. The summed E-state index contributed by atoms with van der Waals surface area (Å²) in [4.78, 5) is 14.3. The molecule has 1 N–H and O–H groups in total. The minimum atomic E-state index is 0.0693. The number of aryl methyl sites for hydroxylation is 2. The molecule has 2 rings (SSSR count). The fourth-order valence-electron chi connectivity index (χ4n) is 2.22. The lowest BCUT2D eigenvalue weighted by Gasteiger charge is -2.08. The van der Waals surface area contributed by atoms with Crippen LogP contribution in [-0.4, -0.2) is 31.0 Å². The van der Waals surface area contributed by atoms with E-state index in [2.05, 4.69) is 27.3 Å². The van der Waals surface area contributed by atoms with Crippen molar-refractivity contribution in [3.8, 4) is 0 Å². The van der Waals surface area contributed by atoms with Crippen LogP contribution in [0.3, 0.4) is 0 Å². The molecular weight excluding hydrogens is 326 g/mol. The number of alkyl halides is 1.